The Morgan fingerprint density at radius 1 is 0.636 bits per heavy atom. The summed E-state index contributed by atoms with van der Waals surface area (Å²) in [4.78, 5) is 12.4. The molecule has 0 rings (SSSR count). The van der Waals surface area contributed by atoms with Crippen molar-refractivity contribution in [2.75, 3.05) is 20.6 Å². The number of hydrogen-bond acceptors (Lipinski definition) is 2. The second-order valence-corrected chi connectivity index (χ2v) is 12.1. The summed E-state index contributed by atoms with van der Waals surface area (Å²) in [6, 6.07) is 0. The summed E-state index contributed by atoms with van der Waals surface area (Å²) in [5.74, 6) is 0. The number of rotatable bonds is 24. The molecule has 0 N–H and O–H groups in total. The lowest BCUT2D eigenvalue weighted by Crippen LogP contribution is -2.58. The zero-order valence-corrected chi connectivity index (χ0v) is 24.1. The summed E-state index contributed by atoms with van der Waals surface area (Å²) in [6.07, 6.45) is 29.3. The third kappa shape index (κ3) is 14.7. The molecule has 4 heteroatoms. The molecule has 0 spiro atoms. The molecule has 0 heterocycles. The van der Waals surface area contributed by atoms with Gasteiger partial charge in [-0.15, -0.1) is 0 Å². The average molecular weight is 485 g/mol. The van der Waals surface area contributed by atoms with Crippen LogP contribution in [0.2, 0.25) is 0 Å². The van der Waals surface area contributed by atoms with Crippen molar-refractivity contribution in [3.8, 4) is 0 Å². The maximum Gasteiger partial charge on any atom is 0.376 e. The Labute approximate surface area is 209 Å². The average Bonchev–Trinajstić information content (AvgIpc) is 2.77. The fraction of sp³-hybridized carbons (Fsp3) is 0.931. The maximum absolute atomic E-state index is 12.4. The molecule has 3 nitrogen and oxygen atoms in total. The summed E-state index contributed by atoms with van der Waals surface area (Å²) in [5.41, 5.74) is 0. The molecule has 0 aromatic carbocycles. The Morgan fingerprint density at radius 2 is 1.09 bits per heavy atom. The van der Waals surface area contributed by atoms with Crippen molar-refractivity contribution in [1.29, 1.82) is 0 Å². The molecule has 0 aliphatic rings. The normalized spacial score (nSPS) is 14.7. The van der Waals surface area contributed by atoms with Gasteiger partial charge in [0.05, 0.1) is 20.6 Å². The molecule has 0 bridgehead atoms. The third-order valence-corrected chi connectivity index (χ3v) is 9.16. The largest absolute Gasteiger partial charge is 0.590 e. The lowest BCUT2D eigenvalue weighted by Gasteiger charge is -2.42. The highest BCUT2D eigenvalue weighted by atomic mass is 31.1. The van der Waals surface area contributed by atoms with Crippen LogP contribution in [0.1, 0.15) is 149 Å². The van der Waals surface area contributed by atoms with Gasteiger partial charge in [-0.1, -0.05) is 108 Å². The van der Waals surface area contributed by atoms with Crippen molar-refractivity contribution in [2.24, 2.45) is 0 Å². The van der Waals surface area contributed by atoms with Crippen molar-refractivity contribution in [3.05, 3.63) is 12.2 Å². The van der Waals surface area contributed by atoms with Crippen molar-refractivity contribution in [1.82, 2.24) is 0 Å². The standard InChI is InChI=1S/C29H59NO2P/c1-6-9-10-11-12-13-14-15-16-17-18-19-20-21-22-23-24-25-27-29(26-7-2,33(31)32)30(4,5)28-8-3/h15-16H,6-14,17-28H2,1-5H3/q+1. The predicted octanol–water partition coefficient (Wildman–Crippen LogP) is 9.28. The molecule has 0 radical (unpaired) electrons. The van der Waals surface area contributed by atoms with Gasteiger partial charge in [-0.25, -0.2) is 0 Å². The van der Waals surface area contributed by atoms with Crippen LogP contribution in [0, 0.1) is 0 Å². The van der Waals surface area contributed by atoms with E-state index < -0.39 is 13.3 Å². The predicted molar refractivity (Wildman–Crippen MR) is 146 cm³/mol. The van der Waals surface area contributed by atoms with Crippen LogP contribution < -0.4 is 4.89 Å². The zero-order chi connectivity index (χ0) is 24.8. The quantitative estimate of drug-likeness (QED) is 0.0592. The van der Waals surface area contributed by atoms with Crippen molar-refractivity contribution in [3.63, 3.8) is 0 Å². The minimum atomic E-state index is -2.43. The van der Waals surface area contributed by atoms with Crippen LogP contribution in [0.5, 0.6) is 0 Å². The molecule has 196 valence electrons. The molecule has 0 aliphatic heterocycles. The van der Waals surface area contributed by atoms with Crippen molar-refractivity contribution < 1.29 is 13.9 Å². The third-order valence-electron chi connectivity index (χ3n) is 7.49. The number of allylic oxidation sites excluding steroid dienone is 2. The van der Waals surface area contributed by atoms with Crippen LogP contribution in [0.4, 0.5) is 0 Å². The first-order valence-electron chi connectivity index (χ1n) is 14.5. The number of hydrogen-bond donors (Lipinski definition) is 0. The first-order valence-corrected chi connectivity index (χ1v) is 15.7. The van der Waals surface area contributed by atoms with Crippen LogP contribution >= 0.6 is 8.03 Å². The van der Waals surface area contributed by atoms with E-state index >= 15 is 0 Å². The minimum Gasteiger partial charge on any atom is -0.590 e. The Balaban J connectivity index is 3.85. The molecule has 0 aromatic rings. The highest BCUT2D eigenvalue weighted by Crippen LogP contribution is 2.46. The van der Waals surface area contributed by atoms with Crippen LogP contribution in [-0.4, -0.2) is 30.4 Å². The van der Waals surface area contributed by atoms with E-state index in [1.807, 2.05) is 0 Å². The molecule has 0 fully saturated rings. The summed E-state index contributed by atoms with van der Waals surface area (Å²) in [5, 5.41) is -0.581. The minimum absolute atomic E-state index is 0.581. The first kappa shape index (κ1) is 32.8. The van der Waals surface area contributed by atoms with Crippen LogP contribution in [0.15, 0.2) is 12.2 Å². The van der Waals surface area contributed by atoms with E-state index in [1.165, 1.54) is 96.3 Å². The van der Waals surface area contributed by atoms with E-state index in [0.29, 0.717) is 4.48 Å². The second-order valence-electron chi connectivity index (χ2n) is 10.8. The molecule has 0 saturated heterocycles. The van der Waals surface area contributed by atoms with Crippen LogP contribution in [0.25, 0.3) is 0 Å². The van der Waals surface area contributed by atoms with E-state index in [-0.39, 0.29) is 0 Å². The Morgan fingerprint density at radius 3 is 1.52 bits per heavy atom. The van der Waals surface area contributed by atoms with Gasteiger partial charge in [-0.2, -0.15) is 0 Å². The Kier molecular flexibility index (Phi) is 20.9. The van der Waals surface area contributed by atoms with Crippen molar-refractivity contribution >= 4 is 8.03 Å². The van der Waals surface area contributed by atoms with E-state index in [9.17, 15) is 9.46 Å². The Hall–Kier alpha value is -0.240. The summed E-state index contributed by atoms with van der Waals surface area (Å²) in [7, 11) is 1.81. The van der Waals surface area contributed by atoms with Gasteiger partial charge >= 0.3 is 8.03 Å². The first-order chi connectivity index (χ1) is 15.9. The SMILES string of the molecule is CCCCCCCCC=CCCCCCCCCCCC(CCC)([P+](=O)[O-])[N+](C)(C)CCC. The van der Waals surface area contributed by atoms with Gasteiger partial charge in [0.1, 0.15) is 0 Å². The molecular weight excluding hydrogens is 425 g/mol. The highest BCUT2D eigenvalue weighted by Gasteiger charge is 2.55. The van der Waals surface area contributed by atoms with E-state index in [4.69, 9.17) is 0 Å². The summed E-state index contributed by atoms with van der Waals surface area (Å²) < 4.78 is 13.0. The molecule has 33 heavy (non-hydrogen) atoms. The number of nitrogens with zero attached hydrogens (tertiary/aromatic N) is 1. The van der Waals surface area contributed by atoms with Gasteiger partial charge in [0, 0.05) is 12.8 Å². The van der Waals surface area contributed by atoms with Gasteiger partial charge < -0.3 is 4.89 Å². The number of unbranched alkanes of at least 4 members (excludes halogenated alkanes) is 14. The molecule has 2 unspecified atom stereocenters. The molecule has 0 aliphatic carbocycles. The molecule has 2 atom stereocenters. The summed E-state index contributed by atoms with van der Waals surface area (Å²) in [6.45, 7) is 7.47. The maximum atomic E-state index is 12.4. The van der Waals surface area contributed by atoms with E-state index in [2.05, 4.69) is 47.0 Å². The molecule has 0 aromatic heterocycles. The fourth-order valence-electron chi connectivity index (χ4n) is 5.31. The Bertz CT molecular complexity index is 492. The van der Waals surface area contributed by atoms with Crippen LogP contribution in [-0.2, 0) is 4.57 Å². The fourth-order valence-corrected chi connectivity index (χ4v) is 6.60. The van der Waals surface area contributed by atoms with Gasteiger partial charge in [0.2, 0.25) is 0 Å². The van der Waals surface area contributed by atoms with Crippen molar-refractivity contribution in [2.45, 2.75) is 154 Å². The van der Waals surface area contributed by atoms with Gasteiger partial charge in [-0.3, -0.25) is 4.48 Å². The molecular formula is C29H59NO2P+. The van der Waals surface area contributed by atoms with E-state index in [1.54, 1.807) is 0 Å². The van der Waals surface area contributed by atoms with E-state index in [0.717, 1.165) is 38.6 Å². The van der Waals surface area contributed by atoms with Crippen LogP contribution in [0.3, 0.4) is 0 Å². The lowest BCUT2D eigenvalue weighted by molar-refractivity contribution is -0.928. The smallest absolute Gasteiger partial charge is 0.376 e. The monoisotopic (exact) mass is 484 g/mol. The number of quaternary nitrogens is 1. The molecule has 0 saturated carbocycles. The lowest BCUT2D eigenvalue weighted by atomic mass is 9.98. The summed E-state index contributed by atoms with van der Waals surface area (Å²) >= 11 is 0. The van der Waals surface area contributed by atoms with Gasteiger partial charge in [0.15, 0.2) is 0 Å². The highest BCUT2D eigenvalue weighted by molar-refractivity contribution is 7.38. The molecule has 0 amide bonds. The second kappa shape index (κ2) is 21.1. The van der Waals surface area contributed by atoms with Gasteiger partial charge in [-0.05, 0) is 44.9 Å². The van der Waals surface area contributed by atoms with Gasteiger partial charge in [0.25, 0.3) is 5.28 Å². The zero-order valence-electron chi connectivity index (χ0n) is 23.2. The topological polar surface area (TPSA) is 40.1 Å².